The second-order valence-electron chi connectivity index (χ2n) is 4.60. The third-order valence-electron chi connectivity index (χ3n) is 3.25. The van der Waals surface area contributed by atoms with Gasteiger partial charge in [-0.15, -0.1) is 0 Å². The first kappa shape index (κ1) is 18.7. The summed E-state index contributed by atoms with van der Waals surface area (Å²) in [4.78, 5) is 49.8. The van der Waals surface area contributed by atoms with E-state index in [2.05, 4.69) is 14.5 Å². The highest BCUT2D eigenvalue weighted by atomic mass is 35.5. The van der Waals surface area contributed by atoms with Crippen LogP contribution in [-0.2, 0) is 32.2 Å². The zero-order valence-corrected chi connectivity index (χ0v) is 14.3. The van der Waals surface area contributed by atoms with Gasteiger partial charge in [-0.25, -0.2) is 9.78 Å². The normalized spacial score (nSPS) is 10.7. The van der Waals surface area contributed by atoms with Crippen LogP contribution in [0.3, 0.4) is 0 Å². The number of fused-ring (bicyclic) bond motifs is 1. The smallest absolute Gasteiger partial charge is 0.332 e. The molecule has 13 heteroatoms. The number of ether oxygens (including phenoxy) is 2. The van der Waals surface area contributed by atoms with Gasteiger partial charge in [0.2, 0.25) is 5.15 Å². The summed E-state index contributed by atoms with van der Waals surface area (Å²) in [5, 5.41) is 10.4. The molecular formula is C12H10Cl2N4O7. The van der Waals surface area contributed by atoms with Crippen molar-refractivity contribution in [2.75, 3.05) is 14.2 Å². The first-order valence-corrected chi connectivity index (χ1v) is 7.24. The largest absolute Gasteiger partial charge is 0.468 e. The number of methoxy groups -OCH3 is 2. The highest BCUT2D eigenvalue weighted by Gasteiger charge is 2.31. The maximum atomic E-state index is 12.6. The number of esters is 2. The van der Waals surface area contributed by atoms with Gasteiger partial charge in [-0.05, 0) is 0 Å². The number of nitrogens with zero attached hydrogens (tertiary/aromatic N) is 4. The molecule has 0 unspecified atom stereocenters. The van der Waals surface area contributed by atoms with Crippen molar-refractivity contribution in [3.63, 3.8) is 0 Å². The minimum Gasteiger partial charge on any atom is -0.468 e. The molecule has 0 aliphatic carbocycles. The molecule has 0 aromatic carbocycles. The molecule has 0 aliphatic rings. The monoisotopic (exact) mass is 392 g/mol. The number of hydrogen-bond acceptors (Lipinski definition) is 8. The molecular weight excluding hydrogens is 383 g/mol. The molecule has 11 nitrogen and oxygen atoms in total. The van der Waals surface area contributed by atoms with Crippen LogP contribution in [-0.4, -0.2) is 45.2 Å². The fraction of sp³-hybridized carbons (Fsp3) is 0.333. The van der Waals surface area contributed by atoms with Gasteiger partial charge in [0.25, 0.3) is 0 Å². The van der Waals surface area contributed by atoms with E-state index in [9.17, 15) is 24.5 Å². The van der Waals surface area contributed by atoms with Crippen LogP contribution in [0.4, 0.5) is 5.69 Å². The van der Waals surface area contributed by atoms with Crippen LogP contribution in [0.25, 0.3) is 11.0 Å². The molecule has 2 aromatic rings. The molecule has 0 bridgehead atoms. The Morgan fingerprint density at radius 3 is 2.00 bits per heavy atom. The van der Waals surface area contributed by atoms with Crippen molar-refractivity contribution in [1.82, 2.24) is 14.1 Å². The zero-order valence-electron chi connectivity index (χ0n) is 12.8. The van der Waals surface area contributed by atoms with Gasteiger partial charge in [-0.2, -0.15) is 0 Å². The van der Waals surface area contributed by atoms with E-state index in [-0.39, 0.29) is 16.2 Å². The highest BCUT2D eigenvalue weighted by molar-refractivity contribution is 6.37. The summed E-state index contributed by atoms with van der Waals surface area (Å²) in [5.41, 5.74) is -2.23. The first-order valence-electron chi connectivity index (χ1n) is 6.49. The quantitative estimate of drug-likeness (QED) is 0.314. The lowest BCUT2D eigenvalue weighted by Crippen LogP contribution is -2.29. The fourth-order valence-electron chi connectivity index (χ4n) is 2.17. The van der Waals surface area contributed by atoms with Crippen LogP contribution in [0.1, 0.15) is 0 Å². The van der Waals surface area contributed by atoms with E-state index in [1.807, 2.05) is 0 Å². The maximum absolute atomic E-state index is 12.6. The Balaban J connectivity index is 2.95. The Morgan fingerprint density at radius 1 is 1.08 bits per heavy atom. The number of hydrogen-bond donors (Lipinski definition) is 0. The molecule has 2 heterocycles. The minimum atomic E-state index is -0.917. The lowest BCUT2D eigenvalue weighted by molar-refractivity contribution is -0.383. The third kappa shape index (κ3) is 3.28. The van der Waals surface area contributed by atoms with E-state index in [0.29, 0.717) is 0 Å². The third-order valence-corrected chi connectivity index (χ3v) is 3.78. The molecule has 0 saturated heterocycles. The number of rotatable bonds is 5. The van der Waals surface area contributed by atoms with E-state index in [4.69, 9.17) is 23.2 Å². The lowest BCUT2D eigenvalue weighted by Gasteiger charge is -2.04. The molecule has 0 fully saturated rings. The summed E-state index contributed by atoms with van der Waals surface area (Å²) in [6.07, 6.45) is 0. The molecule has 0 radical (unpaired) electrons. The molecule has 134 valence electrons. The molecule has 2 rings (SSSR count). The summed E-state index contributed by atoms with van der Waals surface area (Å²) in [6.45, 7) is -1.25. The second kappa shape index (κ2) is 7.07. The SMILES string of the molecule is COC(=O)Cn1c(=O)n(CC(=O)OC)c2c([N+](=O)[O-])c(Cl)nc(Cl)c21. The summed E-state index contributed by atoms with van der Waals surface area (Å²) in [7, 11) is 2.18. The Bertz CT molecular complexity index is 949. The van der Waals surface area contributed by atoms with Gasteiger partial charge >= 0.3 is 23.3 Å². The van der Waals surface area contributed by atoms with E-state index >= 15 is 0 Å². The molecule has 0 aliphatic heterocycles. The Kier molecular flexibility index (Phi) is 5.28. The van der Waals surface area contributed by atoms with Gasteiger partial charge < -0.3 is 9.47 Å². The van der Waals surface area contributed by atoms with Crippen molar-refractivity contribution in [2.24, 2.45) is 0 Å². The minimum absolute atomic E-state index is 0.225. The number of carbonyl (C=O) groups is 2. The maximum Gasteiger partial charge on any atom is 0.332 e. The fourth-order valence-corrected chi connectivity index (χ4v) is 2.74. The first-order chi connectivity index (χ1) is 11.7. The number of imidazole rings is 1. The average Bonchev–Trinajstić information content (AvgIpc) is 2.80. The van der Waals surface area contributed by atoms with Crippen LogP contribution in [0.2, 0.25) is 10.3 Å². The topological polar surface area (TPSA) is 136 Å². The summed E-state index contributed by atoms with van der Waals surface area (Å²) < 4.78 is 10.5. The summed E-state index contributed by atoms with van der Waals surface area (Å²) >= 11 is 11.7. The summed E-state index contributed by atoms with van der Waals surface area (Å²) in [6, 6.07) is 0. The van der Waals surface area contributed by atoms with Crippen LogP contribution in [0, 0.1) is 10.1 Å². The van der Waals surface area contributed by atoms with E-state index in [0.717, 1.165) is 23.4 Å². The van der Waals surface area contributed by atoms with E-state index < -0.39 is 46.5 Å². The van der Waals surface area contributed by atoms with Crippen LogP contribution in [0.15, 0.2) is 4.79 Å². The Labute approximate surface area is 148 Å². The van der Waals surface area contributed by atoms with E-state index in [1.165, 1.54) is 0 Å². The number of halogens is 2. The number of aromatic nitrogens is 3. The molecule has 0 amide bonds. The average molecular weight is 393 g/mol. The van der Waals surface area contributed by atoms with Gasteiger partial charge in [0, 0.05) is 0 Å². The Morgan fingerprint density at radius 2 is 1.56 bits per heavy atom. The van der Waals surface area contributed by atoms with Crippen molar-refractivity contribution in [3.8, 4) is 0 Å². The van der Waals surface area contributed by atoms with Crippen LogP contribution >= 0.6 is 23.2 Å². The highest BCUT2D eigenvalue weighted by Crippen LogP contribution is 2.35. The standard InChI is InChI=1S/C12H10Cl2N4O7/c1-24-5(19)3-16-7-8(17(12(16)21)4-6(20)25-2)10(13)15-11(14)9(7)18(22)23/h3-4H2,1-2H3. The van der Waals surface area contributed by atoms with Crippen molar-refractivity contribution < 1.29 is 24.0 Å². The lowest BCUT2D eigenvalue weighted by atomic mass is 10.3. The van der Waals surface area contributed by atoms with Crippen molar-refractivity contribution >= 4 is 51.9 Å². The predicted molar refractivity (Wildman–Crippen MR) is 84.7 cm³/mol. The van der Waals surface area contributed by atoms with Crippen molar-refractivity contribution in [2.45, 2.75) is 13.1 Å². The number of nitro groups is 1. The predicted octanol–water partition coefficient (Wildman–Crippen LogP) is 0.759. The van der Waals surface area contributed by atoms with Gasteiger partial charge in [0.15, 0.2) is 10.7 Å². The second-order valence-corrected chi connectivity index (χ2v) is 5.32. The summed E-state index contributed by atoms with van der Waals surface area (Å²) in [5.74, 6) is -1.66. The van der Waals surface area contributed by atoms with Gasteiger partial charge in [-0.1, -0.05) is 23.2 Å². The van der Waals surface area contributed by atoms with Crippen molar-refractivity contribution in [3.05, 3.63) is 30.9 Å². The molecule has 2 aromatic heterocycles. The number of pyridine rings is 1. The number of carbonyl (C=O) groups excluding carboxylic acids is 2. The molecule has 0 spiro atoms. The molecule has 0 saturated carbocycles. The van der Waals surface area contributed by atoms with Gasteiger partial charge in [0.05, 0.1) is 19.1 Å². The van der Waals surface area contributed by atoms with Crippen LogP contribution < -0.4 is 5.69 Å². The molecule has 0 N–H and O–H groups in total. The van der Waals surface area contributed by atoms with Gasteiger partial charge in [-0.3, -0.25) is 28.8 Å². The van der Waals surface area contributed by atoms with Crippen molar-refractivity contribution in [1.29, 1.82) is 0 Å². The van der Waals surface area contributed by atoms with Crippen LogP contribution in [0.5, 0.6) is 0 Å². The Hall–Kier alpha value is -2.66. The zero-order chi connectivity index (χ0) is 18.9. The molecule has 0 atom stereocenters. The molecule has 25 heavy (non-hydrogen) atoms. The van der Waals surface area contributed by atoms with E-state index in [1.54, 1.807) is 0 Å². The van der Waals surface area contributed by atoms with Gasteiger partial charge in [0.1, 0.15) is 18.6 Å².